The van der Waals surface area contributed by atoms with Crippen molar-refractivity contribution in [3.8, 4) is 0 Å². The fraction of sp³-hybridized carbons (Fsp3) is 0.769. The molecular weight excluding hydrogens is 264 g/mol. The lowest BCUT2D eigenvalue weighted by Gasteiger charge is -2.37. The maximum Gasteiger partial charge on any atom is 0.404 e. The smallest absolute Gasteiger partial charge is 0.404 e. The summed E-state index contributed by atoms with van der Waals surface area (Å²) in [7, 11) is 0. The van der Waals surface area contributed by atoms with E-state index in [1.807, 2.05) is 20.8 Å². The van der Waals surface area contributed by atoms with Gasteiger partial charge in [-0.2, -0.15) is 0 Å². The van der Waals surface area contributed by atoms with Crippen LogP contribution in [0.2, 0.25) is 0 Å². The van der Waals surface area contributed by atoms with E-state index in [4.69, 9.17) is 5.11 Å². The molecule has 110 valence electrons. The van der Waals surface area contributed by atoms with E-state index in [1.54, 1.807) is 6.08 Å². The predicted molar refractivity (Wildman–Crippen MR) is 77.3 cm³/mol. The number of hydrogen-bond acceptors (Lipinski definition) is 3. The standard InChI is InChI=1S/C13H24N2O3S/c1-5-10(15-19(18)13(2,3)4)6-9-7-11(8-9)14-12(16)17/h5,9-11,14-15H,1,6-8H2,2-4H3,(H,16,17)/t9?,10-,11?,19?/m0/s1. The van der Waals surface area contributed by atoms with E-state index >= 15 is 0 Å². The minimum atomic E-state index is -1.11. The highest BCUT2D eigenvalue weighted by Gasteiger charge is 2.34. The summed E-state index contributed by atoms with van der Waals surface area (Å²) in [4.78, 5) is 10.5. The Morgan fingerprint density at radius 1 is 1.58 bits per heavy atom. The van der Waals surface area contributed by atoms with Crippen LogP contribution >= 0.6 is 0 Å². The second-order valence-electron chi connectivity index (χ2n) is 6.06. The molecule has 5 nitrogen and oxygen atoms in total. The van der Waals surface area contributed by atoms with Crippen LogP contribution in [-0.2, 0) is 11.4 Å². The lowest BCUT2D eigenvalue weighted by molar-refractivity contribution is 0.161. The van der Waals surface area contributed by atoms with Crippen LogP contribution in [0.3, 0.4) is 0 Å². The van der Waals surface area contributed by atoms with Gasteiger partial charge in [0.1, 0.15) is 4.75 Å². The first-order chi connectivity index (χ1) is 8.72. The summed E-state index contributed by atoms with van der Waals surface area (Å²) in [5, 5.41) is 11.1. The van der Waals surface area contributed by atoms with E-state index in [0.717, 1.165) is 19.3 Å². The third-order valence-electron chi connectivity index (χ3n) is 3.25. The van der Waals surface area contributed by atoms with Gasteiger partial charge >= 0.3 is 6.09 Å². The summed E-state index contributed by atoms with van der Waals surface area (Å²) in [6.45, 7) is 9.54. The fourth-order valence-electron chi connectivity index (χ4n) is 2.09. The molecule has 1 saturated carbocycles. The number of amides is 1. The first-order valence-corrected chi connectivity index (χ1v) is 7.67. The van der Waals surface area contributed by atoms with Crippen LogP contribution in [0.5, 0.6) is 0 Å². The van der Waals surface area contributed by atoms with E-state index in [1.165, 1.54) is 0 Å². The molecule has 1 amide bonds. The van der Waals surface area contributed by atoms with E-state index in [0.29, 0.717) is 5.92 Å². The highest BCUT2D eigenvalue weighted by atomic mass is 32.2. The topological polar surface area (TPSA) is 84.4 Å². The van der Waals surface area contributed by atoms with E-state index < -0.39 is 17.5 Å². The van der Waals surface area contributed by atoms with Gasteiger partial charge in [0.25, 0.3) is 0 Å². The van der Waals surface area contributed by atoms with Gasteiger partial charge < -0.3 is 15.0 Å². The maximum atomic E-state index is 12.0. The summed E-state index contributed by atoms with van der Waals surface area (Å²) < 4.78 is 14.8. The number of rotatable bonds is 6. The van der Waals surface area contributed by atoms with Crippen molar-refractivity contribution in [2.24, 2.45) is 5.92 Å². The second kappa shape index (κ2) is 6.63. The molecule has 0 radical (unpaired) electrons. The van der Waals surface area contributed by atoms with Crippen LogP contribution in [0, 0.1) is 5.92 Å². The molecule has 0 aromatic carbocycles. The summed E-state index contributed by atoms with van der Waals surface area (Å²) >= 11 is -1.11. The molecule has 1 aliphatic carbocycles. The third kappa shape index (κ3) is 5.42. The zero-order valence-electron chi connectivity index (χ0n) is 11.8. The zero-order valence-corrected chi connectivity index (χ0v) is 12.6. The molecule has 1 rings (SSSR count). The van der Waals surface area contributed by atoms with Gasteiger partial charge in [-0.3, -0.25) is 0 Å². The van der Waals surface area contributed by atoms with Gasteiger partial charge in [-0.15, -0.1) is 11.3 Å². The van der Waals surface area contributed by atoms with E-state index in [9.17, 15) is 9.35 Å². The van der Waals surface area contributed by atoms with Crippen molar-refractivity contribution in [3.63, 3.8) is 0 Å². The van der Waals surface area contributed by atoms with Crippen LogP contribution in [0.1, 0.15) is 40.0 Å². The van der Waals surface area contributed by atoms with Crippen LogP contribution in [0.15, 0.2) is 12.7 Å². The van der Waals surface area contributed by atoms with Crippen molar-refractivity contribution >= 4 is 17.5 Å². The molecule has 1 fully saturated rings. The molecule has 0 aliphatic heterocycles. The highest BCUT2D eigenvalue weighted by molar-refractivity contribution is 7.90. The van der Waals surface area contributed by atoms with Crippen LogP contribution in [-0.4, -0.2) is 32.6 Å². The van der Waals surface area contributed by atoms with E-state index in [-0.39, 0.29) is 16.8 Å². The fourth-order valence-corrected chi connectivity index (χ4v) is 2.91. The molecule has 1 aliphatic rings. The first-order valence-electron chi connectivity index (χ1n) is 6.52. The molecule has 2 atom stereocenters. The summed E-state index contributed by atoms with van der Waals surface area (Å²) in [6.07, 6.45) is 3.36. The Morgan fingerprint density at radius 3 is 2.58 bits per heavy atom. The van der Waals surface area contributed by atoms with Crippen LogP contribution in [0.4, 0.5) is 4.79 Å². The van der Waals surface area contributed by atoms with Gasteiger partial charge in [-0.25, -0.2) is 4.79 Å². The number of nitrogens with one attached hydrogen (secondary N) is 2. The molecule has 0 heterocycles. The Kier molecular flexibility index (Phi) is 5.70. The SMILES string of the molecule is C=C[C@@H](CC1CC(NC(=O)O)C1)N[S+]([O-])C(C)(C)C. The summed E-state index contributed by atoms with van der Waals surface area (Å²) in [6, 6.07) is 0.0805. The van der Waals surface area contributed by atoms with Gasteiger partial charge in [0.15, 0.2) is 0 Å². The zero-order chi connectivity index (χ0) is 14.6. The van der Waals surface area contributed by atoms with Gasteiger partial charge in [0.2, 0.25) is 0 Å². The molecule has 0 aromatic rings. The molecule has 0 saturated heterocycles. The van der Waals surface area contributed by atoms with Crippen molar-refractivity contribution < 1.29 is 14.5 Å². The lowest BCUT2D eigenvalue weighted by atomic mass is 9.77. The highest BCUT2D eigenvalue weighted by Crippen LogP contribution is 2.32. The quantitative estimate of drug-likeness (QED) is 0.516. The first kappa shape index (κ1) is 16.3. The second-order valence-corrected chi connectivity index (χ2v) is 8.06. The normalized spacial score (nSPS) is 26.1. The van der Waals surface area contributed by atoms with E-state index in [2.05, 4.69) is 16.6 Å². The minimum absolute atomic E-state index is 0.0100. The van der Waals surface area contributed by atoms with Crippen LogP contribution < -0.4 is 10.0 Å². The average Bonchev–Trinajstić information content (AvgIpc) is 2.22. The summed E-state index contributed by atoms with van der Waals surface area (Å²) in [5.41, 5.74) is 0. The average molecular weight is 288 g/mol. The Labute approximate surface area is 118 Å². The number of carboxylic acid groups (broad SMARTS) is 1. The lowest BCUT2D eigenvalue weighted by Crippen LogP contribution is -2.48. The van der Waals surface area contributed by atoms with Crippen molar-refractivity contribution in [1.29, 1.82) is 0 Å². The Morgan fingerprint density at radius 2 is 2.16 bits per heavy atom. The minimum Gasteiger partial charge on any atom is -0.598 e. The molecule has 0 aromatic heterocycles. The number of carbonyl (C=O) groups is 1. The Balaban J connectivity index is 2.31. The molecule has 0 bridgehead atoms. The molecule has 1 unspecified atom stereocenters. The van der Waals surface area contributed by atoms with Gasteiger partial charge in [-0.1, -0.05) is 6.08 Å². The predicted octanol–water partition coefficient (Wildman–Crippen LogP) is 2.03. The van der Waals surface area contributed by atoms with Gasteiger partial charge in [-0.05, 0) is 46.0 Å². The molecule has 0 spiro atoms. The van der Waals surface area contributed by atoms with Crippen molar-refractivity contribution in [2.45, 2.75) is 56.9 Å². The van der Waals surface area contributed by atoms with Crippen molar-refractivity contribution in [2.75, 3.05) is 0 Å². The maximum absolute atomic E-state index is 12.0. The van der Waals surface area contributed by atoms with Gasteiger partial charge in [0.05, 0.1) is 6.04 Å². The molecular formula is C13H24N2O3S. The monoisotopic (exact) mass is 288 g/mol. The summed E-state index contributed by atoms with van der Waals surface area (Å²) in [5.74, 6) is 0.462. The third-order valence-corrected chi connectivity index (χ3v) is 4.88. The van der Waals surface area contributed by atoms with Gasteiger partial charge in [0, 0.05) is 17.4 Å². The number of hydrogen-bond donors (Lipinski definition) is 3. The molecule has 19 heavy (non-hydrogen) atoms. The Hall–Kier alpha value is -0.720. The van der Waals surface area contributed by atoms with Crippen molar-refractivity contribution in [1.82, 2.24) is 10.0 Å². The molecule has 6 heteroatoms. The van der Waals surface area contributed by atoms with Crippen LogP contribution in [0.25, 0.3) is 0 Å². The molecule has 3 N–H and O–H groups in total. The largest absolute Gasteiger partial charge is 0.598 e. The van der Waals surface area contributed by atoms with Crippen molar-refractivity contribution in [3.05, 3.63) is 12.7 Å². The Bertz CT molecular complexity index is 324.